The van der Waals surface area contributed by atoms with Crippen LogP contribution in [0.15, 0.2) is 48.8 Å². The van der Waals surface area contributed by atoms with Gasteiger partial charge in [0.25, 0.3) is 0 Å². The maximum atomic E-state index is 6.40. The summed E-state index contributed by atoms with van der Waals surface area (Å²) in [6.45, 7) is 0. The van der Waals surface area contributed by atoms with Crippen molar-refractivity contribution in [3.05, 3.63) is 80.8 Å². The van der Waals surface area contributed by atoms with Crippen molar-refractivity contribution in [1.82, 2.24) is 14.8 Å². The number of epoxide rings is 1. The second kappa shape index (κ2) is 4.96. The average molecular weight is 379 g/mol. The van der Waals surface area contributed by atoms with Crippen LogP contribution >= 0.6 is 34.8 Å². The van der Waals surface area contributed by atoms with Crippen LogP contribution in [0.5, 0.6) is 0 Å². The van der Waals surface area contributed by atoms with Gasteiger partial charge in [0.15, 0.2) is 17.5 Å². The third-order valence-electron chi connectivity index (χ3n) is 4.63. The fraction of sp³-hybridized carbons (Fsp3) is 0.176. The van der Waals surface area contributed by atoms with Gasteiger partial charge < -0.3 is 4.74 Å². The minimum absolute atomic E-state index is 0.0459. The van der Waals surface area contributed by atoms with Crippen LogP contribution in [0.3, 0.4) is 0 Å². The van der Waals surface area contributed by atoms with Crippen molar-refractivity contribution < 1.29 is 4.74 Å². The molecule has 6 rings (SSSR count). The van der Waals surface area contributed by atoms with E-state index < -0.39 is 5.60 Å². The first kappa shape index (κ1) is 14.7. The molecule has 3 aromatic rings. The van der Waals surface area contributed by atoms with E-state index >= 15 is 0 Å². The molecule has 3 aliphatic rings. The Morgan fingerprint density at radius 3 is 2.38 bits per heavy atom. The first-order valence-electron chi connectivity index (χ1n) is 7.39. The standard InChI is InChI=1S/C17H10Cl3N3O/c18-10-3-1-9(2-4-10)17(14-16-21-8-23(14)22-16)15(24-17)12-6-5-11(19)7-13(12)20/h1-8,14-15H. The van der Waals surface area contributed by atoms with E-state index in [4.69, 9.17) is 39.5 Å². The Balaban J connectivity index is 1.62. The topological polar surface area (TPSA) is 43.2 Å². The van der Waals surface area contributed by atoms with Gasteiger partial charge >= 0.3 is 0 Å². The van der Waals surface area contributed by atoms with Crippen LogP contribution in [0.1, 0.15) is 29.1 Å². The van der Waals surface area contributed by atoms with Crippen LogP contribution < -0.4 is 0 Å². The van der Waals surface area contributed by atoms with Gasteiger partial charge in [-0.05, 0) is 29.8 Å². The molecular weight excluding hydrogens is 369 g/mol. The highest BCUT2D eigenvalue weighted by Crippen LogP contribution is 2.66. The van der Waals surface area contributed by atoms with E-state index in [9.17, 15) is 0 Å². The van der Waals surface area contributed by atoms with Gasteiger partial charge in [-0.25, -0.2) is 9.67 Å². The molecule has 0 amide bonds. The van der Waals surface area contributed by atoms with Gasteiger partial charge in [-0.3, -0.25) is 0 Å². The summed E-state index contributed by atoms with van der Waals surface area (Å²) in [6, 6.07) is 13.1. The van der Waals surface area contributed by atoms with Gasteiger partial charge in [-0.1, -0.05) is 53.0 Å². The quantitative estimate of drug-likeness (QED) is 0.614. The second-order valence-corrected chi connectivity index (χ2v) is 7.23. The highest BCUT2D eigenvalue weighted by molar-refractivity contribution is 6.35. The molecule has 24 heavy (non-hydrogen) atoms. The molecule has 7 heteroatoms. The normalized spacial score (nSPS) is 27.0. The lowest BCUT2D eigenvalue weighted by atomic mass is 9.84. The lowest BCUT2D eigenvalue weighted by Crippen LogP contribution is -2.33. The second-order valence-electron chi connectivity index (χ2n) is 5.95. The number of fused-ring (bicyclic) bond motifs is 1. The van der Waals surface area contributed by atoms with E-state index in [0.29, 0.717) is 15.1 Å². The summed E-state index contributed by atoms with van der Waals surface area (Å²) in [6.07, 6.45) is 1.53. The predicted molar refractivity (Wildman–Crippen MR) is 91.6 cm³/mol. The van der Waals surface area contributed by atoms with Crippen molar-refractivity contribution in [1.29, 1.82) is 0 Å². The summed E-state index contributed by atoms with van der Waals surface area (Å²) < 4.78 is 8.08. The molecule has 2 bridgehead atoms. The highest BCUT2D eigenvalue weighted by Gasteiger charge is 2.68. The lowest BCUT2D eigenvalue weighted by Gasteiger charge is -2.27. The molecule has 0 N–H and O–H groups in total. The summed E-state index contributed by atoms with van der Waals surface area (Å²) in [5, 5.41) is 6.17. The van der Waals surface area contributed by atoms with Crippen LogP contribution in [0.2, 0.25) is 15.1 Å². The number of benzene rings is 2. The van der Waals surface area contributed by atoms with E-state index in [1.165, 1.54) is 0 Å². The Labute approximate surface area is 152 Å². The first-order valence-corrected chi connectivity index (χ1v) is 8.53. The molecule has 0 aliphatic carbocycles. The van der Waals surface area contributed by atoms with Gasteiger partial charge in [0.1, 0.15) is 12.4 Å². The minimum atomic E-state index is -0.574. The van der Waals surface area contributed by atoms with Crippen LogP contribution in [-0.4, -0.2) is 14.8 Å². The maximum absolute atomic E-state index is 6.40. The van der Waals surface area contributed by atoms with E-state index in [1.54, 1.807) is 12.4 Å². The molecule has 1 saturated heterocycles. The Kier molecular flexibility index (Phi) is 3.04. The zero-order chi connectivity index (χ0) is 16.5. The van der Waals surface area contributed by atoms with E-state index in [2.05, 4.69) is 10.1 Å². The van der Waals surface area contributed by atoms with Gasteiger partial charge in [0, 0.05) is 20.6 Å². The Hall–Kier alpha value is -1.59. The maximum Gasteiger partial charge on any atom is 0.178 e. The van der Waals surface area contributed by atoms with Crippen molar-refractivity contribution in [3.8, 4) is 0 Å². The number of nitrogens with zero attached hydrogens (tertiary/aromatic N) is 3. The lowest BCUT2D eigenvalue weighted by molar-refractivity contribution is 0.203. The molecule has 2 aromatic carbocycles. The van der Waals surface area contributed by atoms with Gasteiger partial charge in [0.05, 0.1) is 0 Å². The molecule has 0 saturated carbocycles. The van der Waals surface area contributed by atoms with E-state index in [-0.39, 0.29) is 12.1 Å². The summed E-state index contributed by atoms with van der Waals surface area (Å²) in [5.74, 6) is 0.775. The molecule has 0 spiro atoms. The number of hydrogen-bond donors (Lipinski definition) is 0. The number of rotatable bonds is 3. The Morgan fingerprint density at radius 1 is 1.00 bits per heavy atom. The molecular formula is C17H10Cl3N3O. The Morgan fingerprint density at radius 2 is 1.75 bits per heavy atom. The molecule has 4 nitrogen and oxygen atoms in total. The third-order valence-corrected chi connectivity index (χ3v) is 5.44. The highest BCUT2D eigenvalue weighted by atomic mass is 35.5. The molecule has 3 atom stereocenters. The first-order chi connectivity index (χ1) is 11.6. The minimum Gasteiger partial charge on any atom is -0.353 e. The number of ether oxygens (including phenoxy) is 1. The predicted octanol–water partition coefficient (Wildman–Crippen LogP) is 4.81. The zero-order valence-electron chi connectivity index (χ0n) is 12.2. The summed E-state index contributed by atoms with van der Waals surface area (Å²) in [7, 11) is 0. The number of aromatic nitrogens is 3. The molecule has 120 valence electrons. The van der Waals surface area contributed by atoms with Crippen molar-refractivity contribution in [2.24, 2.45) is 0 Å². The van der Waals surface area contributed by atoms with E-state index in [0.717, 1.165) is 17.0 Å². The van der Waals surface area contributed by atoms with Gasteiger partial charge in [-0.2, -0.15) is 5.10 Å². The molecule has 4 heterocycles. The molecule has 1 aromatic heterocycles. The molecule has 1 fully saturated rings. The molecule has 3 aliphatic heterocycles. The van der Waals surface area contributed by atoms with Gasteiger partial charge in [-0.15, -0.1) is 0 Å². The van der Waals surface area contributed by atoms with Crippen molar-refractivity contribution in [2.45, 2.75) is 17.7 Å². The summed E-state index contributed by atoms with van der Waals surface area (Å²) >= 11 is 18.5. The fourth-order valence-electron chi connectivity index (χ4n) is 3.45. The molecule has 0 radical (unpaired) electrons. The Bertz CT molecular complexity index is 930. The van der Waals surface area contributed by atoms with Crippen molar-refractivity contribution in [2.75, 3.05) is 0 Å². The van der Waals surface area contributed by atoms with Crippen LogP contribution in [0, 0.1) is 0 Å². The van der Waals surface area contributed by atoms with Gasteiger partial charge in [0.2, 0.25) is 0 Å². The smallest absolute Gasteiger partial charge is 0.178 e. The average Bonchev–Trinajstić information content (AvgIpc) is 2.92. The molecule has 3 unspecified atom stereocenters. The van der Waals surface area contributed by atoms with Crippen LogP contribution in [-0.2, 0) is 10.3 Å². The number of halogens is 3. The van der Waals surface area contributed by atoms with Crippen molar-refractivity contribution in [3.63, 3.8) is 0 Å². The van der Waals surface area contributed by atoms with Crippen LogP contribution in [0.25, 0.3) is 0 Å². The monoisotopic (exact) mass is 377 g/mol. The summed E-state index contributed by atoms with van der Waals surface area (Å²) in [4.78, 5) is 4.30. The fourth-order valence-corrected chi connectivity index (χ4v) is 4.09. The largest absolute Gasteiger partial charge is 0.353 e. The van der Waals surface area contributed by atoms with Crippen LogP contribution in [0.4, 0.5) is 0 Å². The number of hydrogen-bond acceptors (Lipinski definition) is 3. The van der Waals surface area contributed by atoms with Crippen molar-refractivity contribution >= 4 is 34.8 Å². The SMILES string of the molecule is Clc1ccc(C2(C3c4ncn3n4)OC2c2ccc(Cl)cc2Cl)cc1. The third kappa shape index (κ3) is 1.91. The summed E-state index contributed by atoms with van der Waals surface area (Å²) in [5.41, 5.74) is 1.36. The van der Waals surface area contributed by atoms with E-state index in [1.807, 2.05) is 41.1 Å². The zero-order valence-corrected chi connectivity index (χ0v) is 14.4.